The van der Waals surface area contributed by atoms with Crippen LogP contribution in [-0.4, -0.2) is 22.7 Å². The number of nitriles is 1. The van der Waals surface area contributed by atoms with E-state index >= 15 is 0 Å². The summed E-state index contributed by atoms with van der Waals surface area (Å²) in [4.78, 5) is 12.3. The summed E-state index contributed by atoms with van der Waals surface area (Å²) in [5.74, 6) is 0.137. The van der Waals surface area contributed by atoms with Crippen molar-refractivity contribution in [2.75, 3.05) is 11.9 Å². The highest BCUT2D eigenvalue weighted by atomic mass is 32.1. The number of aromatic nitrogens is 2. The normalized spacial score (nSPS) is 11.0. The fraction of sp³-hybridized carbons (Fsp3) is 0.333. The zero-order valence-electron chi connectivity index (χ0n) is 14.3. The Morgan fingerprint density at radius 1 is 1.32 bits per heavy atom. The Bertz CT molecular complexity index is 792. The lowest BCUT2D eigenvalue weighted by Crippen LogP contribution is -2.13. The van der Waals surface area contributed by atoms with Crippen molar-refractivity contribution in [3.63, 3.8) is 0 Å². The molecule has 0 saturated heterocycles. The molecule has 2 aromatic rings. The molecule has 0 aliphatic carbocycles. The molecule has 0 saturated carbocycles. The van der Waals surface area contributed by atoms with Gasteiger partial charge >= 0.3 is 0 Å². The van der Waals surface area contributed by atoms with E-state index in [4.69, 9.17) is 4.74 Å². The van der Waals surface area contributed by atoms with Crippen molar-refractivity contribution in [3.05, 3.63) is 40.4 Å². The Balaban J connectivity index is 2.16. The van der Waals surface area contributed by atoms with Gasteiger partial charge in [-0.15, -0.1) is 10.2 Å². The number of carbonyl (C=O) groups excluding carboxylic acids is 1. The maximum absolute atomic E-state index is 12.3. The van der Waals surface area contributed by atoms with E-state index in [2.05, 4.69) is 15.5 Å². The molecule has 1 aromatic heterocycles. The van der Waals surface area contributed by atoms with Gasteiger partial charge in [-0.2, -0.15) is 5.26 Å². The molecule has 0 bridgehead atoms. The molecule has 0 atom stereocenters. The molecule has 130 valence electrons. The standard InChI is InChI=1S/C18H20N4O2S/c1-3-7-16-21-22-18(25-16)20-17(23)14(12-19)11-13-8-5-6-9-15(13)24-10-4-2/h5-6,8-9,11H,3-4,7,10H2,1-2H3,(H,20,22,23)/b14-11+. The van der Waals surface area contributed by atoms with Gasteiger partial charge in [-0.05, 0) is 25.0 Å². The van der Waals surface area contributed by atoms with Crippen molar-refractivity contribution < 1.29 is 9.53 Å². The summed E-state index contributed by atoms with van der Waals surface area (Å²) >= 11 is 1.32. The highest BCUT2D eigenvalue weighted by Crippen LogP contribution is 2.22. The maximum Gasteiger partial charge on any atom is 0.268 e. The van der Waals surface area contributed by atoms with Crippen molar-refractivity contribution in [2.24, 2.45) is 0 Å². The van der Waals surface area contributed by atoms with Crippen molar-refractivity contribution in [1.29, 1.82) is 5.26 Å². The molecule has 0 aliphatic heterocycles. The van der Waals surface area contributed by atoms with E-state index in [0.29, 0.717) is 23.1 Å². The number of ether oxygens (including phenoxy) is 1. The van der Waals surface area contributed by atoms with E-state index in [9.17, 15) is 10.1 Å². The van der Waals surface area contributed by atoms with Gasteiger partial charge in [0.2, 0.25) is 5.13 Å². The van der Waals surface area contributed by atoms with E-state index in [-0.39, 0.29) is 5.57 Å². The lowest BCUT2D eigenvalue weighted by Gasteiger charge is -2.08. The number of benzene rings is 1. The van der Waals surface area contributed by atoms with Crippen LogP contribution in [0.1, 0.15) is 37.3 Å². The van der Waals surface area contributed by atoms with Crippen LogP contribution in [0.4, 0.5) is 5.13 Å². The molecular formula is C18H20N4O2S. The predicted octanol–water partition coefficient (Wildman–Crippen LogP) is 3.83. The number of rotatable bonds is 8. The maximum atomic E-state index is 12.3. The molecule has 2 rings (SSSR count). The molecule has 6 nitrogen and oxygen atoms in total. The van der Waals surface area contributed by atoms with Gasteiger partial charge in [0.05, 0.1) is 6.61 Å². The van der Waals surface area contributed by atoms with Gasteiger partial charge in [-0.1, -0.05) is 43.4 Å². The monoisotopic (exact) mass is 356 g/mol. The summed E-state index contributed by atoms with van der Waals surface area (Å²) in [6, 6.07) is 9.24. The molecule has 0 spiro atoms. The molecule has 7 heteroatoms. The van der Waals surface area contributed by atoms with Crippen molar-refractivity contribution in [2.45, 2.75) is 33.1 Å². The fourth-order valence-corrected chi connectivity index (χ4v) is 2.87. The van der Waals surface area contributed by atoms with Crippen LogP contribution in [0.5, 0.6) is 5.75 Å². The number of hydrogen-bond acceptors (Lipinski definition) is 6. The Kier molecular flexibility index (Phi) is 7.11. The van der Waals surface area contributed by atoms with Gasteiger partial charge in [-0.3, -0.25) is 10.1 Å². The SMILES string of the molecule is CCCOc1ccccc1/C=C(\C#N)C(=O)Nc1nnc(CCC)s1. The quantitative estimate of drug-likeness (QED) is 0.574. The molecule has 0 fully saturated rings. The second kappa shape index (κ2) is 9.55. The van der Waals surface area contributed by atoms with Crippen LogP contribution in [0.3, 0.4) is 0 Å². The summed E-state index contributed by atoms with van der Waals surface area (Å²) in [5.41, 5.74) is 0.673. The summed E-state index contributed by atoms with van der Waals surface area (Å²) < 4.78 is 5.65. The van der Waals surface area contributed by atoms with Gasteiger partial charge < -0.3 is 4.74 Å². The van der Waals surface area contributed by atoms with E-state index in [1.807, 2.05) is 38.1 Å². The fourth-order valence-electron chi connectivity index (χ4n) is 2.03. The third kappa shape index (κ3) is 5.40. The number of anilines is 1. The summed E-state index contributed by atoms with van der Waals surface area (Å²) in [5, 5.41) is 21.2. The molecule has 1 aromatic carbocycles. The summed E-state index contributed by atoms with van der Waals surface area (Å²) in [6.07, 6.45) is 4.17. The van der Waals surface area contributed by atoms with Crippen LogP contribution < -0.4 is 10.1 Å². The van der Waals surface area contributed by atoms with Gasteiger partial charge in [0.15, 0.2) is 0 Å². The number of amides is 1. The van der Waals surface area contributed by atoms with E-state index in [1.165, 1.54) is 17.4 Å². The minimum absolute atomic E-state index is 0.0141. The number of hydrogen-bond donors (Lipinski definition) is 1. The number of para-hydroxylation sites is 1. The van der Waals surface area contributed by atoms with Crippen LogP contribution in [0.15, 0.2) is 29.8 Å². The molecule has 0 radical (unpaired) electrons. The van der Waals surface area contributed by atoms with E-state index in [0.717, 1.165) is 24.3 Å². The zero-order valence-corrected chi connectivity index (χ0v) is 15.1. The molecule has 25 heavy (non-hydrogen) atoms. The average molecular weight is 356 g/mol. The van der Waals surface area contributed by atoms with Gasteiger partial charge in [0, 0.05) is 12.0 Å². The van der Waals surface area contributed by atoms with Gasteiger partial charge in [-0.25, -0.2) is 0 Å². The first-order valence-corrected chi connectivity index (χ1v) is 8.96. The second-order valence-corrected chi connectivity index (χ2v) is 6.32. The smallest absolute Gasteiger partial charge is 0.268 e. The molecule has 1 amide bonds. The zero-order chi connectivity index (χ0) is 18.1. The number of nitrogens with one attached hydrogen (secondary N) is 1. The number of aryl methyl sites for hydroxylation is 1. The van der Waals surface area contributed by atoms with Crippen LogP contribution in [-0.2, 0) is 11.2 Å². The highest BCUT2D eigenvalue weighted by molar-refractivity contribution is 7.15. The van der Waals surface area contributed by atoms with Crippen LogP contribution in [0, 0.1) is 11.3 Å². The van der Waals surface area contributed by atoms with Crippen LogP contribution in [0.25, 0.3) is 6.08 Å². The number of nitrogens with zero attached hydrogens (tertiary/aromatic N) is 3. The third-order valence-corrected chi connectivity index (χ3v) is 4.10. The average Bonchev–Trinajstić information content (AvgIpc) is 3.05. The van der Waals surface area contributed by atoms with Crippen LogP contribution >= 0.6 is 11.3 Å². The predicted molar refractivity (Wildman–Crippen MR) is 98.4 cm³/mol. The molecule has 1 heterocycles. The first-order chi connectivity index (χ1) is 12.2. The molecule has 0 unspecified atom stereocenters. The van der Waals surface area contributed by atoms with Crippen LogP contribution in [0.2, 0.25) is 0 Å². The van der Waals surface area contributed by atoms with Crippen molar-refractivity contribution >= 4 is 28.5 Å². The molecular weight excluding hydrogens is 336 g/mol. The van der Waals surface area contributed by atoms with Gasteiger partial charge in [0.1, 0.15) is 22.4 Å². The molecule has 1 N–H and O–H groups in total. The summed E-state index contributed by atoms with van der Waals surface area (Å²) in [7, 11) is 0. The Labute approximate surface area is 151 Å². The van der Waals surface area contributed by atoms with Crippen molar-refractivity contribution in [3.8, 4) is 11.8 Å². The van der Waals surface area contributed by atoms with Crippen molar-refractivity contribution in [1.82, 2.24) is 10.2 Å². The first-order valence-electron chi connectivity index (χ1n) is 8.15. The largest absolute Gasteiger partial charge is 0.493 e. The third-order valence-electron chi connectivity index (χ3n) is 3.20. The van der Waals surface area contributed by atoms with E-state index in [1.54, 1.807) is 6.07 Å². The highest BCUT2D eigenvalue weighted by Gasteiger charge is 2.13. The Morgan fingerprint density at radius 3 is 2.84 bits per heavy atom. The van der Waals surface area contributed by atoms with Gasteiger partial charge in [0.25, 0.3) is 5.91 Å². The summed E-state index contributed by atoms with van der Waals surface area (Å²) in [6.45, 7) is 4.64. The lowest BCUT2D eigenvalue weighted by atomic mass is 10.1. The Morgan fingerprint density at radius 2 is 2.12 bits per heavy atom. The Hall–Kier alpha value is -2.72. The lowest BCUT2D eigenvalue weighted by molar-refractivity contribution is -0.112. The minimum Gasteiger partial charge on any atom is -0.493 e. The first kappa shape index (κ1) is 18.6. The molecule has 0 aliphatic rings. The number of carbonyl (C=O) groups is 1. The van der Waals surface area contributed by atoms with E-state index < -0.39 is 5.91 Å². The topological polar surface area (TPSA) is 87.9 Å². The second-order valence-electron chi connectivity index (χ2n) is 5.26. The minimum atomic E-state index is -0.507.